The van der Waals surface area contributed by atoms with Gasteiger partial charge < -0.3 is 20.6 Å². The number of hydrogen-bond acceptors (Lipinski definition) is 4. The zero-order chi connectivity index (χ0) is 23.7. The first-order chi connectivity index (χ1) is 15.2. The standard InChI is InChI=1S/C23H29F2N3O4/c1-3-5-11-19(29)27-17(13-16-9-7-6-8-10-16)20(30)22(32)28-15-23(24,25)14-18(28)21(31)26-12-4-2/h1,6-10,17-18,20,30H,4-5,11-15H2,2H3,(H,26,31)(H,27,29). The third kappa shape index (κ3) is 7.02. The molecule has 0 saturated carbocycles. The summed E-state index contributed by atoms with van der Waals surface area (Å²) in [5.74, 6) is -3.11. The molecule has 1 heterocycles. The monoisotopic (exact) mass is 449 g/mol. The number of rotatable bonds is 10. The van der Waals surface area contributed by atoms with Crippen LogP contribution in [0, 0.1) is 12.3 Å². The van der Waals surface area contributed by atoms with Crippen molar-refractivity contribution < 1.29 is 28.3 Å². The summed E-state index contributed by atoms with van der Waals surface area (Å²) in [5, 5.41) is 15.9. The fraction of sp³-hybridized carbons (Fsp3) is 0.522. The molecule has 1 saturated heterocycles. The molecule has 3 unspecified atom stereocenters. The Kier molecular flexibility index (Phi) is 9.14. The lowest BCUT2D eigenvalue weighted by atomic mass is 9.99. The molecule has 2 rings (SSSR count). The van der Waals surface area contributed by atoms with E-state index < -0.39 is 54.8 Å². The summed E-state index contributed by atoms with van der Waals surface area (Å²) in [7, 11) is 0. The fourth-order valence-corrected chi connectivity index (χ4v) is 3.57. The van der Waals surface area contributed by atoms with Crippen molar-refractivity contribution in [1.82, 2.24) is 15.5 Å². The number of aliphatic hydroxyl groups is 1. The molecule has 0 aliphatic carbocycles. The Morgan fingerprint density at radius 3 is 2.62 bits per heavy atom. The predicted molar refractivity (Wildman–Crippen MR) is 115 cm³/mol. The largest absolute Gasteiger partial charge is 0.381 e. The van der Waals surface area contributed by atoms with E-state index >= 15 is 0 Å². The molecule has 9 heteroatoms. The van der Waals surface area contributed by atoms with Crippen molar-refractivity contribution in [2.24, 2.45) is 0 Å². The molecule has 1 aliphatic rings. The topological polar surface area (TPSA) is 98.7 Å². The van der Waals surface area contributed by atoms with Crippen LogP contribution in [0.1, 0.15) is 38.2 Å². The predicted octanol–water partition coefficient (Wildman–Crippen LogP) is 1.25. The van der Waals surface area contributed by atoms with Crippen molar-refractivity contribution in [3.05, 3.63) is 35.9 Å². The number of nitrogens with one attached hydrogen (secondary N) is 2. The van der Waals surface area contributed by atoms with E-state index in [9.17, 15) is 28.3 Å². The fourth-order valence-electron chi connectivity index (χ4n) is 3.57. The third-order valence-electron chi connectivity index (χ3n) is 5.18. The zero-order valence-electron chi connectivity index (χ0n) is 18.0. The van der Waals surface area contributed by atoms with Crippen LogP contribution in [0.2, 0.25) is 0 Å². The summed E-state index contributed by atoms with van der Waals surface area (Å²) in [6, 6.07) is 6.34. The number of nitrogens with zero attached hydrogens (tertiary/aromatic N) is 1. The molecule has 3 atom stereocenters. The highest BCUT2D eigenvalue weighted by molar-refractivity contribution is 5.91. The summed E-state index contributed by atoms with van der Waals surface area (Å²) >= 11 is 0. The average molecular weight is 449 g/mol. The van der Waals surface area contributed by atoms with Gasteiger partial charge in [-0.1, -0.05) is 37.3 Å². The minimum atomic E-state index is -3.26. The van der Waals surface area contributed by atoms with Gasteiger partial charge >= 0.3 is 0 Å². The molecule has 0 radical (unpaired) electrons. The van der Waals surface area contributed by atoms with Gasteiger partial charge in [-0.3, -0.25) is 14.4 Å². The Balaban J connectivity index is 2.22. The Bertz CT molecular complexity index is 841. The van der Waals surface area contributed by atoms with Gasteiger partial charge in [0, 0.05) is 25.8 Å². The molecule has 1 fully saturated rings. The molecule has 7 nitrogen and oxygen atoms in total. The Hall–Kier alpha value is -2.99. The van der Waals surface area contributed by atoms with Crippen LogP contribution in [0.15, 0.2) is 30.3 Å². The highest BCUT2D eigenvalue weighted by atomic mass is 19.3. The molecular weight excluding hydrogens is 420 g/mol. The van der Waals surface area contributed by atoms with E-state index in [1.54, 1.807) is 30.3 Å². The molecule has 32 heavy (non-hydrogen) atoms. The van der Waals surface area contributed by atoms with Crippen LogP contribution in [0.3, 0.4) is 0 Å². The van der Waals surface area contributed by atoms with Gasteiger partial charge in [0.1, 0.15) is 6.04 Å². The highest BCUT2D eigenvalue weighted by Gasteiger charge is 2.51. The van der Waals surface area contributed by atoms with Gasteiger partial charge in [-0.05, 0) is 18.4 Å². The summed E-state index contributed by atoms with van der Waals surface area (Å²) in [6.45, 7) is 1.12. The lowest BCUT2D eigenvalue weighted by molar-refractivity contribution is -0.147. The molecule has 0 spiro atoms. The Morgan fingerprint density at radius 2 is 2.00 bits per heavy atom. The number of hydrogen-bond donors (Lipinski definition) is 3. The number of terminal acetylenes is 1. The number of carbonyl (C=O) groups is 3. The van der Waals surface area contributed by atoms with Crippen molar-refractivity contribution in [3.63, 3.8) is 0 Å². The number of alkyl halides is 2. The minimum Gasteiger partial charge on any atom is -0.381 e. The first kappa shape index (κ1) is 25.3. The Labute approximate surface area is 186 Å². The van der Waals surface area contributed by atoms with Crippen LogP contribution in [0.4, 0.5) is 8.78 Å². The van der Waals surface area contributed by atoms with E-state index in [0.717, 1.165) is 5.56 Å². The van der Waals surface area contributed by atoms with Gasteiger partial charge in [0.2, 0.25) is 11.8 Å². The Morgan fingerprint density at radius 1 is 1.31 bits per heavy atom. The summed E-state index contributed by atoms with van der Waals surface area (Å²) in [5.41, 5.74) is 0.727. The van der Waals surface area contributed by atoms with Crippen molar-refractivity contribution in [3.8, 4) is 12.3 Å². The number of halogens is 2. The first-order valence-electron chi connectivity index (χ1n) is 10.6. The van der Waals surface area contributed by atoms with Gasteiger partial charge in [0.15, 0.2) is 6.10 Å². The van der Waals surface area contributed by atoms with Crippen LogP contribution >= 0.6 is 0 Å². The van der Waals surface area contributed by atoms with E-state index in [0.29, 0.717) is 11.3 Å². The van der Waals surface area contributed by atoms with E-state index in [2.05, 4.69) is 16.6 Å². The molecule has 0 bridgehead atoms. The van der Waals surface area contributed by atoms with Gasteiger partial charge in [-0.2, -0.15) is 0 Å². The van der Waals surface area contributed by atoms with Gasteiger partial charge in [-0.15, -0.1) is 12.3 Å². The SMILES string of the molecule is C#CCCC(=O)NC(Cc1ccccc1)C(O)C(=O)N1CC(F)(F)CC1C(=O)NCCC. The van der Waals surface area contributed by atoms with Crippen LogP contribution in [-0.4, -0.2) is 64.9 Å². The second-order valence-electron chi connectivity index (χ2n) is 7.85. The number of carbonyl (C=O) groups excluding carboxylic acids is 3. The molecule has 1 aliphatic heterocycles. The third-order valence-corrected chi connectivity index (χ3v) is 5.18. The lowest BCUT2D eigenvalue weighted by Gasteiger charge is -2.30. The van der Waals surface area contributed by atoms with Crippen molar-refractivity contribution >= 4 is 17.7 Å². The van der Waals surface area contributed by atoms with Crippen molar-refractivity contribution in [2.45, 2.75) is 63.1 Å². The average Bonchev–Trinajstić information content (AvgIpc) is 3.10. The maximum absolute atomic E-state index is 14.1. The summed E-state index contributed by atoms with van der Waals surface area (Å²) < 4.78 is 28.2. The smallest absolute Gasteiger partial charge is 0.267 e. The van der Waals surface area contributed by atoms with E-state index in [1.165, 1.54) is 0 Å². The van der Waals surface area contributed by atoms with Crippen LogP contribution in [-0.2, 0) is 20.8 Å². The van der Waals surface area contributed by atoms with Gasteiger partial charge in [-0.25, -0.2) is 8.78 Å². The van der Waals surface area contributed by atoms with Gasteiger partial charge in [0.05, 0.1) is 12.6 Å². The van der Waals surface area contributed by atoms with Crippen LogP contribution < -0.4 is 10.6 Å². The lowest BCUT2D eigenvalue weighted by Crippen LogP contribution is -2.56. The first-order valence-corrected chi connectivity index (χ1v) is 10.6. The minimum absolute atomic E-state index is 0.00741. The molecule has 174 valence electrons. The number of amides is 3. The van der Waals surface area contributed by atoms with Crippen molar-refractivity contribution in [1.29, 1.82) is 0 Å². The van der Waals surface area contributed by atoms with Crippen molar-refractivity contribution in [2.75, 3.05) is 13.1 Å². The molecular formula is C23H29F2N3O4. The summed E-state index contributed by atoms with van der Waals surface area (Å²) in [6.07, 6.45) is 3.40. The number of aliphatic hydroxyl groups excluding tert-OH is 1. The van der Waals surface area contributed by atoms with Crippen LogP contribution in [0.25, 0.3) is 0 Å². The normalized spacial score (nSPS) is 19.0. The number of benzene rings is 1. The number of likely N-dealkylation sites (tertiary alicyclic amines) is 1. The molecule has 1 aromatic carbocycles. The summed E-state index contributed by atoms with van der Waals surface area (Å²) in [4.78, 5) is 38.3. The van der Waals surface area contributed by atoms with E-state index in [-0.39, 0.29) is 25.8 Å². The second-order valence-corrected chi connectivity index (χ2v) is 7.85. The van der Waals surface area contributed by atoms with E-state index in [4.69, 9.17) is 6.42 Å². The van der Waals surface area contributed by atoms with Crippen LogP contribution in [0.5, 0.6) is 0 Å². The molecule has 3 amide bonds. The quantitative estimate of drug-likeness (QED) is 0.468. The second kappa shape index (κ2) is 11.6. The molecule has 3 N–H and O–H groups in total. The highest BCUT2D eigenvalue weighted by Crippen LogP contribution is 2.33. The zero-order valence-corrected chi connectivity index (χ0v) is 18.0. The maximum atomic E-state index is 14.1. The van der Waals surface area contributed by atoms with Gasteiger partial charge in [0.25, 0.3) is 11.8 Å². The molecule has 0 aromatic heterocycles. The van der Waals surface area contributed by atoms with E-state index in [1.807, 2.05) is 6.92 Å². The maximum Gasteiger partial charge on any atom is 0.267 e. The molecule has 1 aromatic rings.